The molecule has 1 aromatic carbocycles. The van der Waals surface area contributed by atoms with Gasteiger partial charge in [-0.05, 0) is 45.5 Å². The van der Waals surface area contributed by atoms with E-state index in [1.807, 2.05) is 61.9 Å². The van der Waals surface area contributed by atoms with Crippen molar-refractivity contribution in [3.63, 3.8) is 0 Å². The number of anilines is 2. The number of nitrogens with one attached hydrogen (secondary N) is 1. The zero-order chi connectivity index (χ0) is 28.4. The molecule has 1 amide bonds. The fourth-order valence-electron chi connectivity index (χ4n) is 5.31. The van der Waals surface area contributed by atoms with Gasteiger partial charge in [-0.15, -0.1) is 0 Å². The van der Waals surface area contributed by atoms with Crippen molar-refractivity contribution in [2.24, 2.45) is 0 Å². The number of benzene rings is 1. The smallest absolute Gasteiger partial charge is 0.260 e. The summed E-state index contributed by atoms with van der Waals surface area (Å²) in [4.78, 5) is 40.3. The Morgan fingerprint density at radius 1 is 1.23 bits per heavy atom. The third kappa shape index (κ3) is 5.59. The van der Waals surface area contributed by atoms with E-state index in [-0.39, 0.29) is 17.5 Å². The number of fused-ring (bicyclic) bond motifs is 1. The van der Waals surface area contributed by atoms with Crippen LogP contribution >= 0.6 is 11.6 Å². The Kier molecular flexibility index (Phi) is 8.18. The molecule has 5 rings (SSSR count). The minimum atomic E-state index is -0.224. The second-order valence-electron chi connectivity index (χ2n) is 10.5. The van der Waals surface area contributed by atoms with Gasteiger partial charge in [-0.1, -0.05) is 36.7 Å². The molecule has 0 saturated carbocycles. The van der Waals surface area contributed by atoms with E-state index in [2.05, 4.69) is 20.3 Å². The standard InChI is InChI=1S/C29H35ClN8O2/c1-5-25(39)36-12-8-9-21(18-36)38-27-23(19(2)26(28(38)40)22-10-6-7-11-24(22)30)16-31-29(34-27)33-20-15-32-37(17-20)14-13-35(3)4/h6-7,10-11,15-17,21H,5,8-9,12-14,18H2,1-4H3,(H,31,33,34). The first-order valence-electron chi connectivity index (χ1n) is 13.7. The van der Waals surface area contributed by atoms with E-state index in [1.54, 1.807) is 23.0 Å². The summed E-state index contributed by atoms with van der Waals surface area (Å²) in [5.41, 5.74) is 3.09. The molecule has 0 radical (unpaired) electrons. The number of amides is 1. The van der Waals surface area contributed by atoms with Crippen molar-refractivity contribution in [3.8, 4) is 11.1 Å². The van der Waals surface area contributed by atoms with Crippen LogP contribution in [-0.2, 0) is 11.3 Å². The van der Waals surface area contributed by atoms with Gasteiger partial charge in [-0.2, -0.15) is 10.1 Å². The molecule has 1 unspecified atom stereocenters. The van der Waals surface area contributed by atoms with Gasteiger partial charge in [0.2, 0.25) is 11.9 Å². The average molecular weight is 563 g/mol. The Morgan fingerprint density at radius 3 is 2.77 bits per heavy atom. The lowest BCUT2D eigenvalue weighted by Gasteiger charge is -2.34. The van der Waals surface area contributed by atoms with Crippen LogP contribution in [0.15, 0.2) is 47.7 Å². The van der Waals surface area contributed by atoms with Crippen LogP contribution in [0, 0.1) is 6.92 Å². The number of piperidine rings is 1. The van der Waals surface area contributed by atoms with E-state index in [0.717, 1.165) is 42.6 Å². The molecule has 11 heteroatoms. The minimum Gasteiger partial charge on any atom is -0.341 e. The normalized spacial score (nSPS) is 15.7. The number of hydrogen-bond donors (Lipinski definition) is 1. The van der Waals surface area contributed by atoms with Gasteiger partial charge in [-0.25, -0.2) is 4.98 Å². The molecule has 1 aliphatic rings. The number of rotatable bonds is 8. The third-order valence-corrected chi connectivity index (χ3v) is 7.76. The molecule has 1 aliphatic heterocycles. The Hall–Kier alpha value is -3.76. The van der Waals surface area contributed by atoms with Crippen molar-refractivity contribution in [2.45, 2.75) is 45.7 Å². The van der Waals surface area contributed by atoms with Gasteiger partial charge in [0.05, 0.1) is 30.0 Å². The molecular formula is C29H35ClN8O2. The predicted molar refractivity (Wildman–Crippen MR) is 158 cm³/mol. The molecule has 10 nitrogen and oxygen atoms in total. The van der Waals surface area contributed by atoms with Crippen LogP contribution < -0.4 is 10.9 Å². The number of nitrogens with zero attached hydrogens (tertiary/aromatic N) is 7. The summed E-state index contributed by atoms with van der Waals surface area (Å²) in [5.74, 6) is 0.457. The number of aromatic nitrogens is 5. The molecule has 0 bridgehead atoms. The Balaban J connectivity index is 1.62. The van der Waals surface area contributed by atoms with Gasteiger partial charge in [0.25, 0.3) is 5.56 Å². The number of halogens is 1. The number of hydrogen-bond acceptors (Lipinski definition) is 7. The highest BCUT2D eigenvalue weighted by atomic mass is 35.5. The number of carbonyl (C=O) groups is 1. The Morgan fingerprint density at radius 2 is 2.02 bits per heavy atom. The molecule has 0 spiro atoms. The first-order valence-corrected chi connectivity index (χ1v) is 14.0. The van der Waals surface area contributed by atoms with Crippen LogP contribution in [0.1, 0.15) is 37.8 Å². The van der Waals surface area contributed by atoms with Crippen molar-refractivity contribution in [2.75, 3.05) is 39.0 Å². The summed E-state index contributed by atoms with van der Waals surface area (Å²) in [7, 11) is 4.04. The van der Waals surface area contributed by atoms with E-state index in [0.29, 0.717) is 47.3 Å². The maximum atomic E-state index is 14.3. The van der Waals surface area contributed by atoms with E-state index in [1.165, 1.54) is 0 Å². The molecule has 1 saturated heterocycles. The highest BCUT2D eigenvalue weighted by Crippen LogP contribution is 2.33. The van der Waals surface area contributed by atoms with Crippen molar-refractivity contribution in [3.05, 3.63) is 63.8 Å². The zero-order valence-electron chi connectivity index (χ0n) is 23.4. The summed E-state index contributed by atoms with van der Waals surface area (Å²) in [5, 5.41) is 8.93. The van der Waals surface area contributed by atoms with Gasteiger partial charge in [0, 0.05) is 54.4 Å². The van der Waals surface area contributed by atoms with Crippen LogP contribution in [0.25, 0.3) is 22.2 Å². The third-order valence-electron chi connectivity index (χ3n) is 7.43. The Labute approximate surface area is 238 Å². The van der Waals surface area contributed by atoms with Crippen molar-refractivity contribution >= 4 is 40.2 Å². The van der Waals surface area contributed by atoms with Gasteiger partial charge >= 0.3 is 0 Å². The molecule has 1 N–H and O–H groups in total. The summed E-state index contributed by atoms with van der Waals surface area (Å²) >= 11 is 6.58. The number of carbonyl (C=O) groups excluding carboxylic acids is 1. The zero-order valence-corrected chi connectivity index (χ0v) is 24.1. The summed E-state index contributed by atoms with van der Waals surface area (Å²) in [6.07, 6.45) is 7.40. The van der Waals surface area contributed by atoms with Crippen LogP contribution in [0.4, 0.5) is 11.6 Å². The summed E-state index contributed by atoms with van der Waals surface area (Å²) < 4.78 is 3.62. The summed E-state index contributed by atoms with van der Waals surface area (Å²) in [6, 6.07) is 7.15. The van der Waals surface area contributed by atoms with Crippen LogP contribution in [0.5, 0.6) is 0 Å². The van der Waals surface area contributed by atoms with Gasteiger partial charge in [0.15, 0.2) is 0 Å². The van der Waals surface area contributed by atoms with Gasteiger partial charge < -0.3 is 15.1 Å². The molecule has 210 valence electrons. The van der Waals surface area contributed by atoms with Crippen LogP contribution in [0.3, 0.4) is 0 Å². The molecule has 40 heavy (non-hydrogen) atoms. The fraction of sp³-hybridized carbons (Fsp3) is 0.414. The van der Waals surface area contributed by atoms with E-state index >= 15 is 0 Å². The van der Waals surface area contributed by atoms with Crippen molar-refractivity contribution in [1.29, 1.82) is 0 Å². The molecule has 4 heterocycles. The lowest BCUT2D eigenvalue weighted by atomic mass is 9.98. The summed E-state index contributed by atoms with van der Waals surface area (Å²) in [6.45, 7) is 6.54. The van der Waals surface area contributed by atoms with E-state index in [9.17, 15) is 9.59 Å². The molecule has 1 fully saturated rings. The van der Waals surface area contributed by atoms with E-state index in [4.69, 9.17) is 16.6 Å². The van der Waals surface area contributed by atoms with Gasteiger partial charge in [0.1, 0.15) is 5.65 Å². The molecular weight excluding hydrogens is 528 g/mol. The van der Waals surface area contributed by atoms with E-state index < -0.39 is 0 Å². The number of likely N-dealkylation sites (N-methyl/N-ethyl adjacent to an activating group) is 1. The monoisotopic (exact) mass is 562 g/mol. The minimum absolute atomic E-state index is 0.0868. The maximum absolute atomic E-state index is 14.3. The second-order valence-corrected chi connectivity index (χ2v) is 10.9. The van der Waals surface area contributed by atoms with Crippen molar-refractivity contribution in [1.82, 2.24) is 34.1 Å². The fourth-order valence-corrected chi connectivity index (χ4v) is 5.54. The predicted octanol–water partition coefficient (Wildman–Crippen LogP) is 4.50. The first kappa shape index (κ1) is 27.8. The Bertz CT molecular complexity index is 1590. The SMILES string of the molecule is CCC(=O)N1CCCC(n2c(=O)c(-c3ccccc3Cl)c(C)c3cnc(Nc4cnn(CCN(C)C)c4)nc32)C1. The highest BCUT2D eigenvalue weighted by Gasteiger charge is 2.29. The largest absolute Gasteiger partial charge is 0.341 e. The second kappa shape index (κ2) is 11.8. The number of likely N-dealkylation sites (tertiary alicyclic amines) is 1. The molecule has 3 aromatic heterocycles. The maximum Gasteiger partial charge on any atom is 0.260 e. The lowest BCUT2D eigenvalue weighted by molar-refractivity contribution is -0.132. The quantitative estimate of drug-likeness (QED) is 0.337. The number of aryl methyl sites for hydroxylation is 1. The molecule has 4 aromatic rings. The average Bonchev–Trinajstić information content (AvgIpc) is 3.40. The molecule has 0 aliphatic carbocycles. The van der Waals surface area contributed by atoms with Crippen LogP contribution in [-0.4, -0.2) is 73.8 Å². The first-order chi connectivity index (χ1) is 19.3. The topological polar surface area (TPSA) is 101 Å². The highest BCUT2D eigenvalue weighted by molar-refractivity contribution is 6.33. The molecule has 1 atom stereocenters. The van der Waals surface area contributed by atoms with Gasteiger partial charge in [-0.3, -0.25) is 18.8 Å². The number of pyridine rings is 1. The lowest BCUT2D eigenvalue weighted by Crippen LogP contribution is -2.43. The van der Waals surface area contributed by atoms with Crippen molar-refractivity contribution < 1.29 is 4.79 Å². The van der Waals surface area contributed by atoms with Crippen LogP contribution in [0.2, 0.25) is 5.02 Å².